The van der Waals surface area contributed by atoms with Gasteiger partial charge in [0.1, 0.15) is 12.3 Å². The SMILES string of the molecule is COc1ccc2c(c1)c(C=O)cn2CC(=O)NCC1CCCO1. The second kappa shape index (κ2) is 6.83. The average molecular weight is 316 g/mol. The zero-order valence-corrected chi connectivity index (χ0v) is 13.1. The third kappa shape index (κ3) is 3.37. The molecule has 1 aromatic carbocycles. The van der Waals surface area contributed by atoms with Crippen LogP contribution in [0.4, 0.5) is 0 Å². The number of ether oxygens (including phenoxy) is 2. The zero-order valence-electron chi connectivity index (χ0n) is 13.1. The maximum atomic E-state index is 12.1. The lowest BCUT2D eigenvalue weighted by Gasteiger charge is -2.11. The van der Waals surface area contributed by atoms with Crippen molar-refractivity contribution in [1.82, 2.24) is 9.88 Å². The topological polar surface area (TPSA) is 69.6 Å². The second-order valence-corrected chi connectivity index (χ2v) is 5.65. The highest BCUT2D eigenvalue weighted by Gasteiger charge is 2.17. The lowest BCUT2D eigenvalue weighted by molar-refractivity contribution is -0.122. The molecule has 2 aromatic rings. The summed E-state index contributed by atoms with van der Waals surface area (Å²) in [5, 5.41) is 3.67. The Hall–Kier alpha value is -2.34. The van der Waals surface area contributed by atoms with E-state index in [1.807, 2.05) is 12.1 Å². The third-order valence-corrected chi connectivity index (χ3v) is 4.11. The van der Waals surface area contributed by atoms with Gasteiger partial charge in [-0.3, -0.25) is 9.59 Å². The number of carbonyl (C=O) groups is 2. The van der Waals surface area contributed by atoms with Crippen LogP contribution in [0.15, 0.2) is 24.4 Å². The molecule has 1 aliphatic rings. The molecule has 6 heteroatoms. The quantitative estimate of drug-likeness (QED) is 0.825. The molecule has 1 saturated heterocycles. The van der Waals surface area contributed by atoms with E-state index < -0.39 is 0 Å². The van der Waals surface area contributed by atoms with Crippen LogP contribution in [0.1, 0.15) is 23.2 Å². The first-order valence-electron chi connectivity index (χ1n) is 7.71. The van der Waals surface area contributed by atoms with Crippen LogP contribution in [0, 0.1) is 0 Å². The molecule has 0 aliphatic carbocycles. The van der Waals surface area contributed by atoms with E-state index in [1.165, 1.54) is 0 Å². The van der Waals surface area contributed by atoms with Gasteiger partial charge in [-0.2, -0.15) is 0 Å². The fourth-order valence-corrected chi connectivity index (χ4v) is 2.90. The summed E-state index contributed by atoms with van der Waals surface area (Å²) in [6, 6.07) is 5.48. The molecule has 0 bridgehead atoms. The lowest BCUT2D eigenvalue weighted by Crippen LogP contribution is -2.34. The van der Waals surface area contributed by atoms with Gasteiger partial charge in [-0.15, -0.1) is 0 Å². The highest BCUT2D eigenvalue weighted by molar-refractivity contribution is 5.98. The predicted octanol–water partition coefficient (Wildman–Crippen LogP) is 1.76. The summed E-state index contributed by atoms with van der Waals surface area (Å²) < 4.78 is 12.5. The van der Waals surface area contributed by atoms with Crippen molar-refractivity contribution in [3.63, 3.8) is 0 Å². The molecular formula is C17H20N2O4. The predicted molar refractivity (Wildman–Crippen MR) is 85.9 cm³/mol. The van der Waals surface area contributed by atoms with Gasteiger partial charge in [0.15, 0.2) is 6.29 Å². The molecule has 1 N–H and O–H groups in total. The summed E-state index contributed by atoms with van der Waals surface area (Å²) >= 11 is 0. The number of benzene rings is 1. The Kier molecular flexibility index (Phi) is 4.62. The molecule has 1 aromatic heterocycles. The van der Waals surface area contributed by atoms with Crippen LogP contribution in [-0.4, -0.2) is 43.1 Å². The summed E-state index contributed by atoms with van der Waals surface area (Å²) in [5.41, 5.74) is 1.38. The minimum Gasteiger partial charge on any atom is -0.497 e. The molecular weight excluding hydrogens is 296 g/mol. The number of methoxy groups -OCH3 is 1. The number of hydrogen-bond acceptors (Lipinski definition) is 4. The maximum Gasteiger partial charge on any atom is 0.240 e. The second-order valence-electron chi connectivity index (χ2n) is 5.65. The van der Waals surface area contributed by atoms with E-state index in [1.54, 1.807) is 23.9 Å². The molecule has 0 spiro atoms. The van der Waals surface area contributed by atoms with Crippen LogP contribution in [-0.2, 0) is 16.1 Å². The number of rotatable bonds is 6. The first-order valence-corrected chi connectivity index (χ1v) is 7.71. The summed E-state index contributed by atoms with van der Waals surface area (Å²) in [5.74, 6) is 0.590. The van der Waals surface area contributed by atoms with Crippen molar-refractivity contribution in [3.05, 3.63) is 30.0 Å². The van der Waals surface area contributed by atoms with Crippen molar-refractivity contribution >= 4 is 23.1 Å². The Bertz CT molecular complexity index is 717. The van der Waals surface area contributed by atoms with Gasteiger partial charge in [0.25, 0.3) is 0 Å². The van der Waals surface area contributed by atoms with Gasteiger partial charge >= 0.3 is 0 Å². The monoisotopic (exact) mass is 316 g/mol. The van der Waals surface area contributed by atoms with E-state index in [4.69, 9.17) is 9.47 Å². The van der Waals surface area contributed by atoms with Gasteiger partial charge in [-0.05, 0) is 31.0 Å². The number of fused-ring (bicyclic) bond motifs is 1. The summed E-state index contributed by atoms with van der Waals surface area (Å²) in [7, 11) is 1.58. The molecule has 1 atom stereocenters. The minimum absolute atomic E-state index is 0.0920. The van der Waals surface area contributed by atoms with Crippen molar-refractivity contribution in [2.24, 2.45) is 0 Å². The first-order chi connectivity index (χ1) is 11.2. The molecule has 0 saturated carbocycles. The van der Waals surface area contributed by atoms with E-state index in [0.29, 0.717) is 17.9 Å². The minimum atomic E-state index is -0.0920. The van der Waals surface area contributed by atoms with Gasteiger partial charge in [-0.1, -0.05) is 0 Å². The van der Waals surface area contributed by atoms with Gasteiger partial charge in [0.2, 0.25) is 5.91 Å². The number of nitrogens with zero attached hydrogens (tertiary/aromatic N) is 1. The van der Waals surface area contributed by atoms with E-state index in [-0.39, 0.29) is 18.6 Å². The largest absolute Gasteiger partial charge is 0.497 e. The zero-order chi connectivity index (χ0) is 16.2. The Balaban J connectivity index is 1.74. The van der Waals surface area contributed by atoms with Crippen LogP contribution < -0.4 is 10.1 Å². The molecule has 122 valence electrons. The number of aromatic nitrogens is 1. The van der Waals surface area contributed by atoms with Crippen molar-refractivity contribution in [3.8, 4) is 5.75 Å². The molecule has 1 unspecified atom stereocenters. The first kappa shape index (κ1) is 15.6. The fraction of sp³-hybridized carbons (Fsp3) is 0.412. The Labute approximate surface area is 134 Å². The summed E-state index contributed by atoms with van der Waals surface area (Å²) in [4.78, 5) is 23.4. The highest BCUT2D eigenvalue weighted by atomic mass is 16.5. The molecule has 2 heterocycles. The fourth-order valence-electron chi connectivity index (χ4n) is 2.90. The number of hydrogen-bond donors (Lipinski definition) is 1. The van der Waals surface area contributed by atoms with Crippen molar-refractivity contribution in [1.29, 1.82) is 0 Å². The Morgan fingerprint density at radius 3 is 3.09 bits per heavy atom. The third-order valence-electron chi connectivity index (χ3n) is 4.11. The summed E-state index contributed by atoms with van der Waals surface area (Å²) in [6.07, 6.45) is 4.65. The van der Waals surface area contributed by atoms with E-state index in [0.717, 1.165) is 36.6 Å². The summed E-state index contributed by atoms with van der Waals surface area (Å²) in [6.45, 7) is 1.48. The average Bonchev–Trinajstić information content (AvgIpc) is 3.20. The standard InChI is InChI=1S/C17H20N2O4/c1-22-13-4-5-16-15(7-13)12(11-20)9-19(16)10-17(21)18-8-14-3-2-6-23-14/h4-5,7,9,11,14H,2-3,6,8,10H2,1H3,(H,18,21). The highest BCUT2D eigenvalue weighted by Crippen LogP contribution is 2.25. The smallest absolute Gasteiger partial charge is 0.240 e. The molecule has 1 fully saturated rings. The Morgan fingerprint density at radius 2 is 2.39 bits per heavy atom. The molecule has 1 amide bonds. The Morgan fingerprint density at radius 1 is 1.52 bits per heavy atom. The van der Waals surface area contributed by atoms with Crippen molar-refractivity contribution < 1.29 is 19.1 Å². The maximum absolute atomic E-state index is 12.1. The molecule has 1 aliphatic heterocycles. The van der Waals surface area contributed by atoms with Gasteiger partial charge < -0.3 is 19.4 Å². The number of aldehydes is 1. The van der Waals surface area contributed by atoms with Crippen LogP contribution in [0.5, 0.6) is 5.75 Å². The molecule has 0 radical (unpaired) electrons. The van der Waals surface area contributed by atoms with Crippen LogP contribution in [0.25, 0.3) is 10.9 Å². The van der Waals surface area contributed by atoms with Gasteiger partial charge in [0.05, 0.1) is 13.2 Å². The van der Waals surface area contributed by atoms with E-state index in [9.17, 15) is 9.59 Å². The number of carbonyl (C=O) groups excluding carboxylic acids is 2. The lowest BCUT2D eigenvalue weighted by atomic mass is 10.2. The van der Waals surface area contributed by atoms with E-state index in [2.05, 4.69) is 5.32 Å². The van der Waals surface area contributed by atoms with Crippen molar-refractivity contribution in [2.75, 3.05) is 20.3 Å². The molecule has 6 nitrogen and oxygen atoms in total. The van der Waals surface area contributed by atoms with Crippen LogP contribution in [0.3, 0.4) is 0 Å². The van der Waals surface area contributed by atoms with Gasteiger partial charge in [-0.25, -0.2) is 0 Å². The molecule has 23 heavy (non-hydrogen) atoms. The number of amides is 1. The van der Waals surface area contributed by atoms with Crippen molar-refractivity contribution in [2.45, 2.75) is 25.5 Å². The van der Waals surface area contributed by atoms with Crippen LogP contribution in [0.2, 0.25) is 0 Å². The normalized spacial score (nSPS) is 17.3. The van der Waals surface area contributed by atoms with Crippen LogP contribution >= 0.6 is 0 Å². The van der Waals surface area contributed by atoms with E-state index >= 15 is 0 Å². The van der Waals surface area contributed by atoms with Gasteiger partial charge in [0, 0.05) is 35.8 Å². The number of nitrogens with one attached hydrogen (secondary N) is 1. The molecule has 3 rings (SSSR count).